The van der Waals surface area contributed by atoms with Gasteiger partial charge in [0.2, 0.25) is 0 Å². The molecule has 0 aromatic rings. The van der Waals surface area contributed by atoms with Crippen LogP contribution in [-0.2, 0) is 9.59 Å². The Morgan fingerprint density at radius 2 is 1.55 bits per heavy atom. The quantitative estimate of drug-likeness (QED) is 0.626. The summed E-state index contributed by atoms with van der Waals surface area (Å²) in [6, 6.07) is 0. The van der Waals surface area contributed by atoms with Crippen LogP contribution in [0, 0.1) is 45.3 Å². The lowest BCUT2D eigenvalue weighted by molar-refractivity contribution is -0.140. The molecule has 0 saturated heterocycles. The van der Waals surface area contributed by atoms with Crippen LogP contribution in [0.15, 0.2) is 0 Å². The Labute approximate surface area is 134 Å². The molecule has 22 heavy (non-hydrogen) atoms. The Bertz CT molecular complexity index is 587. The van der Waals surface area contributed by atoms with E-state index in [4.69, 9.17) is 0 Å². The highest BCUT2D eigenvalue weighted by molar-refractivity contribution is 6.17. The summed E-state index contributed by atoms with van der Waals surface area (Å²) in [5, 5.41) is 0. The van der Waals surface area contributed by atoms with E-state index in [2.05, 4.69) is 27.7 Å². The molecule has 4 aliphatic rings. The van der Waals surface area contributed by atoms with E-state index in [1.807, 2.05) is 13.8 Å². The lowest BCUT2D eigenvalue weighted by Gasteiger charge is -2.47. The van der Waals surface area contributed by atoms with Crippen molar-refractivity contribution in [3.63, 3.8) is 0 Å². The molecule has 0 aromatic carbocycles. The van der Waals surface area contributed by atoms with Crippen LogP contribution in [0.1, 0.15) is 67.2 Å². The van der Waals surface area contributed by atoms with Crippen molar-refractivity contribution in [1.82, 2.24) is 0 Å². The molecule has 122 valence electrons. The Balaban J connectivity index is 1.92. The van der Waals surface area contributed by atoms with Crippen molar-refractivity contribution in [2.75, 3.05) is 0 Å². The van der Waals surface area contributed by atoms with Crippen LogP contribution >= 0.6 is 0 Å². The molecule has 2 heteroatoms. The molecular formula is C20H30O2. The molecule has 2 bridgehead atoms. The fourth-order valence-corrected chi connectivity index (χ4v) is 7.83. The van der Waals surface area contributed by atoms with E-state index in [1.165, 1.54) is 19.3 Å². The molecule has 0 amide bonds. The monoisotopic (exact) mass is 302 g/mol. The Morgan fingerprint density at radius 3 is 2.18 bits per heavy atom. The van der Waals surface area contributed by atoms with Gasteiger partial charge < -0.3 is 0 Å². The maximum atomic E-state index is 13.2. The molecule has 1 spiro atoms. The Kier molecular flexibility index (Phi) is 2.51. The molecule has 4 fully saturated rings. The summed E-state index contributed by atoms with van der Waals surface area (Å²) < 4.78 is 0. The number of hydrogen-bond donors (Lipinski definition) is 0. The van der Waals surface area contributed by atoms with Crippen molar-refractivity contribution >= 4 is 11.6 Å². The fourth-order valence-electron chi connectivity index (χ4n) is 7.83. The van der Waals surface area contributed by atoms with Gasteiger partial charge in [-0.1, -0.05) is 27.7 Å². The highest BCUT2D eigenvalue weighted by atomic mass is 16.2. The van der Waals surface area contributed by atoms with Crippen molar-refractivity contribution in [1.29, 1.82) is 0 Å². The van der Waals surface area contributed by atoms with Crippen molar-refractivity contribution in [3.05, 3.63) is 0 Å². The van der Waals surface area contributed by atoms with Crippen molar-refractivity contribution in [2.24, 2.45) is 45.3 Å². The molecule has 0 heterocycles. The average Bonchev–Trinajstić information content (AvgIpc) is 2.90. The smallest absolute Gasteiger partial charge is 0.152 e. The molecular weight excluding hydrogens is 272 g/mol. The van der Waals surface area contributed by atoms with Crippen LogP contribution in [-0.4, -0.2) is 11.6 Å². The second kappa shape index (κ2) is 3.70. The van der Waals surface area contributed by atoms with Gasteiger partial charge in [0.25, 0.3) is 0 Å². The van der Waals surface area contributed by atoms with Crippen molar-refractivity contribution < 1.29 is 9.59 Å². The standard InChI is InChI=1S/C20H30O2/c1-11-7-8-13-17(2,3)14-10-20(11,13)9-12-15(21)18(4,5)16(22)19(12,14)6/h11-14H,7-10H2,1-6H3/t11-,12-,13+,14-,19+,20+/m1/s1. The minimum atomic E-state index is -0.770. The zero-order valence-electron chi connectivity index (χ0n) is 15.0. The zero-order valence-corrected chi connectivity index (χ0v) is 15.0. The number of fused-ring (bicyclic) bond motifs is 3. The maximum Gasteiger partial charge on any atom is 0.152 e. The number of carbonyl (C=O) groups is 2. The molecule has 0 aromatic heterocycles. The molecule has 4 aliphatic carbocycles. The molecule has 0 N–H and O–H groups in total. The van der Waals surface area contributed by atoms with Gasteiger partial charge in [-0.05, 0) is 68.1 Å². The van der Waals surface area contributed by atoms with Crippen LogP contribution < -0.4 is 0 Å². The third kappa shape index (κ3) is 1.24. The second-order valence-corrected chi connectivity index (χ2v) is 10.2. The first kappa shape index (κ1) is 14.9. The molecule has 0 aliphatic heterocycles. The molecule has 0 radical (unpaired) electrons. The van der Waals surface area contributed by atoms with Crippen LogP contribution in [0.2, 0.25) is 0 Å². The van der Waals surface area contributed by atoms with E-state index >= 15 is 0 Å². The normalized spacial score (nSPS) is 54.5. The molecule has 6 atom stereocenters. The zero-order chi connectivity index (χ0) is 16.3. The number of carbonyl (C=O) groups excluding carboxylic acids is 2. The van der Waals surface area contributed by atoms with Gasteiger partial charge in [0.1, 0.15) is 5.78 Å². The van der Waals surface area contributed by atoms with Crippen LogP contribution in [0.25, 0.3) is 0 Å². The number of ketones is 2. The van der Waals surface area contributed by atoms with Crippen molar-refractivity contribution in [3.8, 4) is 0 Å². The summed E-state index contributed by atoms with van der Waals surface area (Å²) in [5.74, 6) is 2.22. The third-order valence-corrected chi connectivity index (χ3v) is 8.97. The van der Waals surface area contributed by atoms with Gasteiger partial charge in [-0.3, -0.25) is 9.59 Å². The minimum absolute atomic E-state index is 0.0291. The first-order valence-corrected chi connectivity index (χ1v) is 9.10. The van der Waals surface area contributed by atoms with E-state index < -0.39 is 10.8 Å². The van der Waals surface area contributed by atoms with Crippen LogP contribution in [0.5, 0.6) is 0 Å². The first-order valence-electron chi connectivity index (χ1n) is 9.10. The topological polar surface area (TPSA) is 34.1 Å². The summed E-state index contributed by atoms with van der Waals surface area (Å²) in [4.78, 5) is 26.3. The summed E-state index contributed by atoms with van der Waals surface area (Å²) in [7, 11) is 0. The minimum Gasteiger partial charge on any atom is -0.298 e. The van der Waals surface area contributed by atoms with Crippen LogP contribution in [0.3, 0.4) is 0 Å². The van der Waals surface area contributed by atoms with E-state index in [1.54, 1.807) is 0 Å². The van der Waals surface area contributed by atoms with Crippen molar-refractivity contribution in [2.45, 2.75) is 67.2 Å². The van der Waals surface area contributed by atoms with Gasteiger partial charge in [0.15, 0.2) is 5.78 Å². The number of rotatable bonds is 0. The average molecular weight is 302 g/mol. The summed E-state index contributed by atoms with van der Waals surface area (Å²) in [6.07, 6.45) is 4.74. The summed E-state index contributed by atoms with van der Waals surface area (Å²) >= 11 is 0. The predicted molar refractivity (Wildman–Crippen MR) is 86.2 cm³/mol. The highest BCUT2D eigenvalue weighted by Gasteiger charge is 2.77. The predicted octanol–water partition coefficient (Wildman–Crippen LogP) is 4.27. The molecule has 0 unspecified atom stereocenters. The van der Waals surface area contributed by atoms with E-state index in [9.17, 15) is 9.59 Å². The van der Waals surface area contributed by atoms with Gasteiger partial charge in [0.05, 0.1) is 5.41 Å². The van der Waals surface area contributed by atoms with Crippen LogP contribution in [0.4, 0.5) is 0 Å². The maximum absolute atomic E-state index is 13.2. The highest BCUT2D eigenvalue weighted by Crippen LogP contribution is 2.78. The molecule has 2 nitrogen and oxygen atoms in total. The number of Topliss-reactive ketones (excluding diaryl/α,β-unsaturated/α-hetero) is 2. The lowest BCUT2D eigenvalue weighted by atomic mass is 9.54. The van der Waals surface area contributed by atoms with E-state index in [0.717, 1.165) is 6.42 Å². The SMILES string of the molecule is C[C@@H]1CC[C@H]2C(C)(C)[C@H]3C[C@@]12C[C@@H]1C(=O)C(C)(C)C(=O)[C@@]13C. The molecule has 4 rings (SSSR count). The van der Waals surface area contributed by atoms with Gasteiger partial charge in [-0.2, -0.15) is 0 Å². The lowest BCUT2D eigenvalue weighted by Crippen LogP contribution is -2.47. The second-order valence-electron chi connectivity index (χ2n) is 10.2. The van der Waals surface area contributed by atoms with Gasteiger partial charge >= 0.3 is 0 Å². The van der Waals surface area contributed by atoms with E-state index in [-0.39, 0.29) is 22.9 Å². The Morgan fingerprint density at radius 1 is 0.909 bits per heavy atom. The third-order valence-electron chi connectivity index (χ3n) is 8.97. The van der Waals surface area contributed by atoms with Gasteiger partial charge in [0, 0.05) is 11.3 Å². The first-order chi connectivity index (χ1) is 10.0. The van der Waals surface area contributed by atoms with Gasteiger partial charge in [-0.15, -0.1) is 0 Å². The summed E-state index contributed by atoms with van der Waals surface area (Å²) in [6.45, 7) is 13.0. The fraction of sp³-hybridized carbons (Fsp3) is 0.900. The molecule has 4 saturated carbocycles. The van der Waals surface area contributed by atoms with E-state index in [0.29, 0.717) is 23.2 Å². The summed E-state index contributed by atoms with van der Waals surface area (Å²) in [5.41, 5.74) is -0.674. The Hall–Kier alpha value is -0.660. The van der Waals surface area contributed by atoms with Gasteiger partial charge in [-0.25, -0.2) is 0 Å². The number of hydrogen-bond acceptors (Lipinski definition) is 2. The largest absolute Gasteiger partial charge is 0.298 e.